The first-order chi connectivity index (χ1) is 14.2. The monoisotopic (exact) mass is 454 g/mol. The normalized spacial score (nSPS) is 27.5. The Kier molecular flexibility index (Phi) is 6.06. The molecule has 166 valence electrons. The van der Waals surface area contributed by atoms with E-state index in [1.807, 2.05) is 6.20 Å². The molecule has 2 aliphatic heterocycles. The fourth-order valence-corrected chi connectivity index (χ4v) is 6.30. The van der Waals surface area contributed by atoms with Gasteiger partial charge in [0, 0.05) is 41.3 Å². The van der Waals surface area contributed by atoms with Crippen molar-refractivity contribution in [2.24, 2.45) is 0 Å². The molecular weight excluding hydrogens is 424 g/mol. The number of sulfone groups is 1. The third kappa shape index (κ3) is 4.47. The summed E-state index contributed by atoms with van der Waals surface area (Å²) in [5.41, 5.74) is 1.59. The zero-order valence-electron chi connectivity index (χ0n) is 17.7. The molecule has 0 bridgehead atoms. The molecule has 0 amide bonds. The van der Waals surface area contributed by atoms with E-state index in [9.17, 15) is 13.5 Å². The van der Waals surface area contributed by atoms with E-state index in [0.29, 0.717) is 19.7 Å². The summed E-state index contributed by atoms with van der Waals surface area (Å²) in [6.45, 7) is 6.57. The van der Waals surface area contributed by atoms with Gasteiger partial charge in [0.1, 0.15) is 21.5 Å². The van der Waals surface area contributed by atoms with Gasteiger partial charge >= 0.3 is 0 Å². The van der Waals surface area contributed by atoms with Crippen molar-refractivity contribution in [3.05, 3.63) is 33.3 Å². The van der Waals surface area contributed by atoms with E-state index in [0.717, 1.165) is 37.1 Å². The van der Waals surface area contributed by atoms with Gasteiger partial charge in [0.15, 0.2) is 0 Å². The summed E-state index contributed by atoms with van der Waals surface area (Å²) < 4.78 is 30.6. The lowest BCUT2D eigenvalue weighted by molar-refractivity contribution is -0.139. The number of likely N-dealkylation sites (tertiary alicyclic amines) is 1. The molecule has 1 spiro atoms. The topological polar surface area (TPSA) is 97.6 Å². The average Bonchev–Trinajstić information content (AvgIpc) is 3.33. The lowest BCUT2D eigenvalue weighted by Crippen LogP contribution is -2.50. The third-order valence-corrected chi connectivity index (χ3v) is 8.55. The Balaban J connectivity index is 1.44. The lowest BCUT2D eigenvalue weighted by atomic mass is 9.81. The van der Waals surface area contributed by atoms with Crippen LogP contribution < -0.4 is 0 Å². The van der Waals surface area contributed by atoms with Gasteiger partial charge in [0.25, 0.3) is 0 Å². The number of thiophene rings is 1. The van der Waals surface area contributed by atoms with Crippen LogP contribution in [0.3, 0.4) is 0 Å². The molecular formula is C20H30N4O4S2. The second kappa shape index (κ2) is 8.31. The zero-order valence-corrected chi connectivity index (χ0v) is 19.4. The number of hydrogen-bond acceptors (Lipinski definition) is 8. The first-order valence-corrected chi connectivity index (χ1v) is 13.3. The van der Waals surface area contributed by atoms with Crippen LogP contribution in [0, 0.1) is 0 Å². The molecule has 2 aromatic rings. The molecule has 3 atom stereocenters. The molecule has 1 fully saturated rings. The van der Waals surface area contributed by atoms with Crippen molar-refractivity contribution in [3.63, 3.8) is 0 Å². The van der Waals surface area contributed by atoms with Crippen LogP contribution in [0.25, 0.3) is 0 Å². The maximum absolute atomic E-state index is 11.4. The highest BCUT2D eigenvalue weighted by molar-refractivity contribution is 7.90. The highest BCUT2D eigenvalue weighted by atomic mass is 32.2. The van der Waals surface area contributed by atoms with E-state index < -0.39 is 15.9 Å². The minimum absolute atomic E-state index is 0.0600. The summed E-state index contributed by atoms with van der Waals surface area (Å²) in [5.74, 6) is 0.0600. The SMILES string of the molecule is CCc1cc2c(s1)[C@]1(CCN(Cc3cn(CCS(C)(=O)=O)nn3)[C@@H](C)C1)OCC2O. The molecule has 0 aromatic carbocycles. The molecule has 8 nitrogen and oxygen atoms in total. The van der Waals surface area contributed by atoms with Gasteiger partial charge in [-0.3, -0.25) is 9.58 Å². The van der Waals surface area contributed by atoms with Crippen LogP contribution in [0.2, 0.25) is 0 Å². The summed E-state index contributed by atoms with van der Waals surface area (Å²) in [4.78, 5) is 4.87. The van der Waals surface area contributed by atoms with Crippen molar-refractivity contribution in [1.82, 2.24) is 19.9 Å². The molecule has 30 heavy (non-hydrogen) atoms. The van der Waals surface area contributed by atoms with Gasteiger partial charge in [0.2, 0.25) is 0 Å². The van der Waals surface area contributed by atoms with E-state index in [-0.39, 0.29) is 17.4 Å². The number of ether oxygens (including phenoxy) is 1. The molecule has 1 unspecified atom stereocenters. The molecule has 1 N–H and O–H groups in total. The Labute approximate surface area is 181 Å². The van der Waals surface area contributed by atoms with Gasteiger partial charge in [-0.25, -0.2) is 8.42 Å². The van der Waals surface area contributed by atoms with Crippen LogP contribution in [-0.2, 0) is 39.7 Å². The van der Waals surface area contributed by atoms with Gasteiger partial charge in [-0.2, -0.15) is 0 Å². The fraction of sp³-hybridized carbons (Fsp3) is 0.700. The number of hydrogen-bond donors (Lipinski definition) is 1. The Morgan fingerprint density at radius 3 is 2.93 bits per heavy atom. The number of piperidine rings is 1. The Morgan fingerprint density at radius 2 is 2.23 bits per heavy atom. The maximum atomic E-state index is 11.4. The number of nitrogens with zero attached hydrogens (tertiary/aromatic N) is 4. The fourth-order valence-electron chi connectivity index (χ4n) is 4.44. The molecule has 0 saturated carbocycles. The summed E-state index contributed by atoms with van der Waals surface area (Å²) in [5, 5.41) is 18.7. The minimum Gasteiger partial charge on any atom is -0.386 e. The highest BCUT2D eigenvalue weighted by Gasteiger charge is 2.46. The maximum Gasteiger partial charge on any atom is 0.149 e. The number of aliphatic hydroxyl groups excluding tert-OH is 1. The second-order valence-corrected chi connectivity index (χ2v) is 11.9. The van der Waals surface area contributed by atoms with Crippen molar-refractivity contribution in [3.8, 4) is 0 Å². The Morgan fingerprint density at radius 1 is 1.43 bits per heavy atom. The van der Waals surface area contributed by atoms with Crippen molar-refractivity contribution in [2.45, 2.75) is 63.9 Å². The van der Waals surface area contributed by atoms with Crippen LogP contribution in [0.4, 0.5) is 0 Å². The lowest BCUT2D eigenvalue weighted by Gasteiger charge is -2.47. The number of fused-ring (bicyclic) bond motifs is 2. The van der Waals surface area contributed by atoms with Crippen molar-refractivity contribution in [1.29, 1.82) is 0 Å². The summed E-state index contributed by atoms with van der Waals surface area (Å²) in [6, 6.07) is 2.44. The van der Waals surface area contributed by atoms with Crippen LogP contribution in [-0.4, -0.2) is 64.6 Å². The summed E-state index contributed by atoms with van der Waals surface area (Å²) in [6.07, 6.45) is 5.25. The quantitative estimate of drug-likeness (QED) is 0.712. The van der Waals surface area contributed by atoms with Crippen molar-refractivity contribution in [2.75, 3.05) is 25.2 Å². The van der Waals surface area contributed by atoms with Crippen molar-refractivity contribution < 1.29 is 18.3 Å². The van der Waals surface area contributed by atoms with Gasteiger partial charge < -0.3 is 9.84 Å². The number of aliphatic hydroxyl groups is 1. The zero-order chi connectivity index (χ0) is 21.5. The second-order valence-electron chi connectivity index (χ2n) is 8.55. The van der Waals surface area contributed by atoms with Gasteiger partial charge in [-0.05, 0) is 37.8 Å². The Hall–Kier alpha value is -1.33. The molecule has 4 heterocycles. The van der Waals surface area contributed by atoms with Gasteiger partial charge in [0.05, 0.1) is 24.6 Å². The summed E-state index contributed by atoms with van der Waals surface area (Å²) >= 11 is 1.78. The Bertz CT molecular complexity index is 1000. The van der Waals surface area contributed by atoms with E-state index in [2.05, 4.69) is 35.1 Å². The first kappa shape index (κ1) is 21.9. The van der Waals surface area contributed by atoms with Crippen LogP contribution in [0.5, 0.6) is 0 Å². The van der Waals surface area contributed by atoms with Gasteiger partial charge in [-0.15, -0.1) is 16.4 Å². The molecule has 0 radical (unpaired) electrons. The molecule has 2 aromatic heterocycles. The predicted octanol–water partition coefficient (Wildman–Crippen LogP) is 1.89. The molecule has 10 heteroatoms. The number of rotatable bonds is 6. The first-order valence-electron chi connectivity index (χ1n) is 10.4. The van der Waals surface area contributed by atoms with E-state index in [1.165, 1.54) is 16.0 Å². The molecule has 1 saturated heterocycles. The summed E-state index contributed by atoms with van der Waals surface area (Å²) in [7, 11) is -3.02. The van der Waals surface area contributed by atoms with Gasteiger partial charge in [-0.1, -0.05) is 12.1 Å². The number of aryl methyl sites for hydroxylation is 2. The van der Waals surface area contributed by atoms with E-state index >= 15 is 0 Å². The number of aromatic nitrogens is 3. The minimum atomic E-state index is -3.02. The van der Waals surface area contributed by atoms with Crippen LogP contribution >= 0.6 is 11.3 Å². The molecule has 0 aliphatic carbocycles. The van der Waals surface area contributed by atoms with E-state index in [1.54, 1.807) is 16.0 Å². The molecule has 2 aliphatic rings. The van der Waals surface area contributed by atoms with Crippen LogP contribution in [0.15, 0.2) is 12.3 Å². The smallest absolute Gasteiger partial charge is 0.149 e. The largest absolute Gasteiger partial charge is 0.386 e. The van der Waals surface area contributed by atoms with Crippen molar-refractivity contribution >= 4 is 21.2 Å². The average molecular weight is 455 g/mol. The highest BCUT2D eigenvalue weighted by Crippen LogP contribution is 2.49. The third-order valence-electron chi connectivity index (χ3n) is 6.14. The molecule has 4 rings (SSSR count). The predicted molar refractivity (Wildman–Crippen MR) is 115 cm³/mol. The van der Waals surface area contributed by atoms with Crippen LogP contribution in [0.1, 0.15) is 53.8 Å². The standard InChI is InChI=1S/C20H30N4O4S2/c1-4-16-9-17-18(25)13-28-20(19(17)29-16)5-6-23(14(2)10-20)11-15-12-24(22-21-15)7-8-30(3,26)27/h9,12,14,18,25H,4-8,10-11,13H2,1-3H3/t14-,18?,20+/m0/s1. The van der Waals surface area contributed by atoms with E-state index in [4.69, 9.17) is 4.74 Å².